The fourth-order valence-corrected chi connectivity index (χ4v) is 3.05. The van der Waals surface area contributed by atoms with Gasteiger partial charge in [-0.25, -0.2) is 0 Å². The van der Waals surface area contributed by atoms with E-state index in [1.165, 1.54) is 13.8 Å². The molecule has 2 aromatic rings. The van der Waals surface area contributed by atoms with E-state index < -0.39 is 23.9 Å². The molecule has 0 unspecified atom stereocenters. The number of allylic oxidation sites excluding steroid dienone is 4. The van der Waals surface area contributed by atoms with E-state index in [4.69, 9.17) is 0 Å². The van der Waals surface area contributed by atoms with Crippen LogP contribution >= 0.6 is 0 Å². The maximum absolute atomic E-state index is 12.1. The summed E-state index contributed by atoms with van der Waals surface area (Å²) in [6.07, 6.45) is -8.54. The molecule has 0 amide bonds. The predicted molar refractivity (Wildman–Crippen MR) is 129 cm³/mol. The molecule has 0 bridgehead atoms. The standard InChI is InChI=1S/2C13H14F3NO.Ni/c2*1-8-5-4-6-9(2)12(8)17-10(3)7-11(18)13(14,15)16;/h2*4-7,17H,1-3H3;. The molecule has 2 aromatic carbocycles. The molecule has 2 N–H and O–H groups in total. The average Bonchev–Trinajstić information content (AvgIpc) is 2.72. The van der Waals surface area contributed by atoms with Gasteiger partial charge in [-0.2, -0.15) is 26.3 Å². The maximum atomic E-state index is 12.1. The second kappa shape index (κ2) is 14.0. The molecule has 37 heavy (non-hydrogen) atoms. The first-order valence-corrected chi connectivity index (χ1v) is 10.7. The fraction of sp³-hybridized carbons (Fsp3) is 0.308. The Kier molecular flexibility index (Phi) is 12.9. The summed E-state index contributed by atoms with van der Waals surface area (Å²) in [6, 6.07) is 11.1. The predicted octanol–water partition coefficient (Wildman–Crippen LogP) is 7.50. The summed E-state index contributed by atoms with van der Waals surface area (Å²) in [5.74, 6) is -3.72. The zero-order chi connectivity index (χ0) is 27.8. The third-order valence-corrected chi connectivity index (χ3v) is 4.86. The summed E-state index contributed by atoms with van der Waals surface area (Å²) >= 11 is 0. The van der Waals surface area contributed by atoms with Crippen molar-refractivity contribution < 1.29 is 52.4 Å². The summed E-state index contributed by atoms with van der Waals surface area (Å²) in [7, 11) is 0. The van der Waals surface area contributed by atoms with Gasteiger partial charge in [0.1, 0.15) is 0 Å². The third-order valence-electron chi connectivity index (χ3n) is 4.86. The molecule has 0 aliphatic rings. The van der Waals surface area contributed by atoms with Crippen LogP contribution in [0, 0.1) is 27.7 Å². The van der Waals surface area contributed by atoms with Gasteiger partial charge >= 0.3 is 12.4 Å². The number of para-hydroxylation sites is 2. The van der Waals surface area contributed by atoms with Crippen LogP contribution in [0.3, 0.4) is 0 Å². The monoisotopic (exact) mass is 572 g/mol. The summed E-state index contributed by atoms with van der Waals surface area (Å²) < 4.78 is 72.5. The number of hydrogen-bond acceptors (Lipinski definition) is 4. The Bertz CT molecular complexity index is 1040. The number of anilines is 2. The summed E-state index contributed by atoms with van der Waals surface area (Å²) in [5.41, 5.74) is 5.39. The second-order valence-corrected chi connectivity index (χ2v) is 8.16. The Morgan fingerprint density at radius 1 is 0.622 bits per heavy atom. The van der Waals surface area contributed by atoms with Crippen LogP contribution in [0.2, 0.25) is 0 Å². The maximum Gasteiger partial charge on any atom is 0.454 e. The normalized spacial score (nSPS) is 12.1. The van der Waals surface area contributed by atoms with E-state index in [-0.39, 0.29) is 27.9 Å². The minimum absolute atomic E-state index is 0. The van der Waals surface area contributed by atoms with Crippen LogP contribution < -0.4 is 10.6 Å². The van der Waals surface area contributed by atoms with Crippen LogP contribution in [-0.2, 0) is 26.1 Å². The van der Waals surface area contributed by atoms with Crippen molar-refractivity contribution in [3.05, 3.63) is 82.2 Å². The first kappa shape index (κ1) is 33.9. The fourth-order valence-electron chi connectivity index (χ4n) is 3.05. The number of carbonyl (C=O) groups is 2. The average molecular weight is 573 g/mol. The van der Waals surface area contributed by atoms with E-state index in [1.807, 2.05) is 64.1 Å². The molecule has 0 fully saturated rings. The van der Waals surface area contributed by atoms with E-state index in [9.17, 15) is 35.9 Å². The summed E-state index contributed by atoms with van der Waals surface area (Å²) in [6.45, 7) is 10.2. The van der Waals surface area contributed by atoms with Crippen molar-refractivity contribution >= 4 is 22.9 Å². The molecule has 0 saturated heterocycles. The Morgan fingerprint density at radius 3 is 1.08 bits per heavy atom. The van der Waals surface area contributed by atoms with Gasteiger partial charge < -0.3 is 10.6 Å². The number of aryl methyl sites for hydroxylation is 4. The zero-order valence-electron chi connectivity index (χ0n) is 21.0. The van der Waals surface area contributed by atoms with Crippen LogP contribution in [0.4, 0.5) is 37.7 Å². The molecule has 0 aliphatic carbocycles. The number of ketones is 2. The molecule has 0 spiro atoms. The van der Waals surface area contributed by atoms with Gasteiger partial charge in [0, 0.05) is 51.4 Å². The molecule has 2 rings (SSSR count). The van der Waals surface area contributed by atoms with Gasteiger partial charge in [-0.3, -0.25) is 9.59 Å². The van der Waals surface area contributed by atoms with Gasteiger partial charge in [-0.1, -0.05) is 36.4 Å². The minimum Gasteiger partial charge on any atom is -0.359 e. The minimum atomic E-state index is -4.83. The van der Waals surface area contributed by atoms with E-state index in [1.54, 1.807) is 0 Å². The van der Waals surface area contributed by atoms with Crippen molar-refractivity contribution in [1.29, 1.82) is 0 Å². The van der Waals surface area contributed by atoms with Crippen molar-refractivity contribution in [2.24, 2.45) is 0 Å². The number of benzene rings is 2. The molecule has 206 valence electrons. The number of hydrogen-bond donors (Lipinski definition) is 2. The largest absolute Gasteiger partial charge is 0.454 e. The van der Waals surface area contributed by atoms with Crippen molar-refractivity contribution in [3.8, 4) is 0 Å². The van der Waals surface area contributed by atoms with E-state index >= 15 is 0 Å². The Morgan fingerprint density at radius 2 is 0.865 bits per heavy atom. The number of alkyl halides is 6. The molecule has 4 nitrogen and oxygen atoms in total. The smallest absolute Gasteiger partial charge is 0.359 e. The Balaban J connectivity index is 0.000000682. The molecule has 0 aromatic heterocycles. The van der Waals surface area contributed by atoms with Crippen LogP contribution in [0.15, 0.2) is 59.9 Å². The number of nitrogens with one attached hydrogen (secondary N) is 2. The van der Waals surface area contributed by atoms with Crippen LogP contribution in [0.25, 0.3) is 0 Å². The van der Waals surface area contributed by atoms with Crippen LogP contribution in [0.5, 0.6) is 0 Å². The third kappa shape index (κ3) is 11.2. The SMILES string of the molecule is CC(=CC(=O)C(F)(F)F)Nc1c(C)cccc1C.CC(=CC(=O)C(F)(F)F)Nc1c(C)cccc1C.[Ni]. The Hall–Kier alpha value is -3.07. The van der Waals surface area contributed by atoms with Crippen molar-refractivity contribution in [3.63, 3.8) is 0 Å². The quantitative estimate of drug-likeness (QED) is 0.214. The topological polar surface area (TPSA) is 58.2 Å². The van der Waals surface area contributed by atoms with Gasteiger partial charge in [0.2, 0.25) is 0 Å². The zero-order valence-corrected chi connectivity index (χ0v) is 22.0. The van der Waals surface area contributed by atoms with E-state index in [0.717, 1.165) is 33.6 Å². The number of carbonyl (C=O) groups excluding carboxylic acids is 2. The molecule has 11 heteroatoms. The summed E-state index contributed by atoms with van der Waals surface area (Å²) in [4.78, 5) is 21.6. The van der Waals surface area contributed by atoms with Crippen LogP contribution in [0.1, 0.15) is 36.1 Å². The van der Waals surface area contributed by atoms with Gasteiger partial charge in [0.05, 0.1) is 0 Å². The molecule has 0 atom stereocenters. The van der Waals surface area contributed by atoms with Crippen molar-refractivity contribution in [2.75, 3.05) is 10.6 Å². The molecule has 0 saturated carbocycles. The van der Waals surface area contributed by atoms with Crippen LogP contribution in [-0.4, -0.2) is 23.9 Å². The summed E-state index contributed by atoms with van der Waals surface area (Å²) in [5, 5.41) is 5.64. The Labute approximate surface area is 222 Å². The van der Waals surface area contributed by atoms with Crippen molar-refractivity contribution in [2.45, 2.75) is 53.9 Å². The first-order valence-electron chi connectivity index (χ1n) is 10.7. The van der Waals surface area contributed by atoms with E-state index in [2.05, 4.69) is 10.6 Å². The molecular formula is C26H28F6N2NiO2. The molecular weight excluding hydrogens is 545 g/mol. The molecule has 0 radical (unpaired) electrons. The van der Waals surface area contributed by atoms with Gasteiger partial charge in [0.15, 0.2) is 0 Å². The van der Waals surface area contributed by atoms with Gasteiger partial charge in [-0.15, -0.1) is 0 Å². The van der Waals surface area contributed by atoms with E-state index in [0.29, 0.717) is 12.2 Å². The van der Waals surface area contributed by atoms with Gasteiger partial charge in [0.25, 0.3) is 11.6 Å². The van der Waals surface area contributed by atoms with Gasteiger partial charge in [-0.05, 0) is 63.8 Å². The van der Waals surface area contributed by atoms with Crippen molar-refractivity contribution in [1.82, 2.24) is 0 Å². The molecule has 0 heterocycles. The number of halogens is 6. The number of rotatable bonds is 6. The first-order chi connectivity index (χ1) is 16.4. The molecule has 0 aliphatic heterocycles. The second-order valence-electron chi connectivity index (χ2n) is 8.16.